The van der Waals surface area contributed by atoms with Crippen LogP contribution in [-0.4, -0.2) is 19.6 Å². The minimum atomic E-state index is -0.694. The fourth-order valence-electron chi connectivity index (χ4n) is 2.57. The molecule has 0 saturated heterocycles. The summed E-state index contributed by atoms with van der Waals surface area (Å²) in [5, 5.41) is 0. The van der Waals surface area contributed by atoms with Crippen LogP contribution in [0.15, 0.2) is 34.8 Å². The van der Waals surface area contributed by atoms with Gasteiger partial charge in [-0.25, -0.2) is 8.78 Å². The molecule has 114 valence electrons. The Morgan fingerprint density at radius 3 is 2.77 bits per heavy atom. The van der Waals surface area contributed by atoms with E-state index >= 15 is 0 Å². The number of carbonyl (C=O) groups excluding carboxylic acids is 1. The van der Waals surface area contributed by atoms with E-state index in [0.29, 0.717) is 34.3 Å². The summed E-state index contributed by atoms with van der Waals surface area (Å²) in [5.74, 6) is -1.10. The van der Waals surface area contributed by atoms with Crippen molar-refractivity contribution in [3.8, 4) is 5.75 Å². The van der Waals surface area contributed by atoms with Gasteiger partial charge < -0.3 is 9.64 Å². The van der Waals surface area contributed by atoms with Crippen LogP contribution in [0, 0.1) is 11.6 Å². The zero-order chi connectivity index (χ0) is 15.9. The number of methoxy groups -OCH3 is 1. The second-order valence-corrected chi connectivity index (χ2v) is 5.79. The second kappa shape index (κ2) is 5.68. The highest BCUT2D eigenvalue weighted by molar-refractivity contribution is 9.10. The Balaban J connectivity index is 2.03. The number of carbonyl (C=O) groups is 1. The predicted octanol–water partition coefficient (Wildman–Crippen LogP) is 3.94. The van der Waals surface area contributed by atoms with Crippen molar-refractivity contribution < 1.29 is 18.3 Å². The molecule has 0 spiro atoms. The molecule has 0 aliphatic carbocycles. The summed E-state index contributed by atoms with van der Waals surface area (Å²) in [4.78, 5) is 14.1. The molecule has 6 heteroatoms. The smallest absolute Gasteiger partial charge is 0.259 e. The van der Waals surface area contributed by atoms with Crippen molar-refractivity contribution in [2.45, 2.75) is 6.42 Å². The average Bonchev–Trinajstić information content (AvgIpc) is 2.91. The number of halogens is 3. The van der Waals surface area contributed by atoms with Gasteiger partial charge in [0.1, 0.15) is 17.4 Å². The number of benzene rings is 2. The molecule has 1 heterocycles. The van der Waals surface area contributed by atoms with Crippen molar-refractivity contribution in [3.05, 3.63) is 57.6 Å². The number of hydrogen-bond acceptors (Lipinski definition) is 2. The number of ether oxygens (including phenoxy) is 1. The average molecular weight is 368 g/mol. The highest BCUT2D eigenvalue weighted by Gasteiger charge is 2.29. The van der Waals surface area contributed by atoms with Crippen LogP contribution in [0.4, 0.5) is 14.5 Å². The van der Waals surface area contributed by atoms with Crippen LogP contribution in [-0.2, 0) is 6.42 Å². The zero-order valence-electron chi connectivity index (χ0n) is 11.7. The maximum Gasteiger partial charge on any atom is 0.259 e. The molecule has 2 aromatic rings. The molecule has 1 amide bonds. The van der Waals surface area contributed by atoms with E-state index in [1.807, 2.05) is 0 Å². The van der Waals surface area contributed by atoms with E-state index in [4.69, 9.17) is 4.74 Å². The topological polar surface area (TPSA) is 29.5 Å². The summed E-state index contributed by atoms with van der Waals surface area (Å²) in [5.41, 5.74) is 1.04. The molecule has 0 bridgehead atoms. The fourth-order valence-corrected chi connectivity index (χ4v) is 2.99. The van der Waals surface area contributed by atoms with Gasteiger partial charge in [0.2, 0.25) is 0 Å². The van der Waals surface area contributed by atoms with Gasteiger partial charge in [-0.15, -0.1) is 0 Å². The first kappa shape index (κ1) is 15.0. The molecule has 1 aliphatic heterocycles. The van der Waals surface area contributed by atoms with Crippen LogP contribution in [0.25, 0.3) is 0 Å². The molecule has 1 aliphatic rings. The monoisotopic (exact) mass is 367 g/mol. The molecule has 0 aromatic heterocycles. The van der Waals surface area contributed by atoms with Gasteiger partial charge in [-0.3, -0.25) is 4.79 Å². The molecule has 0 radical (unpaired) electrons. The van der Waals surface area contributed by atoms with E-state index < -0.39 is 11.6 Å². The van der Waals surface area contributed by atoms with Crippen LogP contribution < -0.4 is 9.64 Å². The fraction of sp³-hybridized carbons (Fsp3) is 0.188. The van der Waals surface area contributed by atoms with Gasteiger partial charge in [0, 0.05) is 22.6 Å². The first-order valence-electron chi connectivity index (χ1n) is 6.64. The minimum Gasteiger partial charge on any atom is -0.497 e. The number of rotatable bonds is 2. The van der Waals surface area contributed by atoms with Gasteiger partial charge in [0.25, 0.3) is 5.91 Å². The number of amides is 1. The minimum absolute atomic E-state index is 0.289. The summed E-state index contributed by atoms with van der Waals surface area (Å²) in [7, 11) is 1.51. The maximum absolute atomic E-state index is 13.8. The SMILES string of the molecule is COc1ccc(Br)c(C(=O)N2CCc3c(F)cc(F)cc32)c1. The molecule has 2 aromatic carbocycles. The Bertz CT molecular complexity index is 764. The molecule has 22 heavy (non-hydrogen) atoms. The zero-order valence-corrected chi connectivity index (χ0v) is 13.3. The third kappa shape index (κ3) is 2.47. The molecule has 3 rings (SSSR count). The van der Waals surface area contributed by atoms with Gasteiger partial charge in [-0.05, 0) is 46.6 Å². The van der Waals surface area contributed by atoms with Crippen molar-refractivity contribution in [1.82, 2.24) is 0 Å². The van der Waals surface area contributed by atoms with E-state index in [9.17, 15) is 13.6 Å². The van der Waals surface area contributed by atoms with Gasteiger partial charge >= 0.3 is 0 Å². The highest BCUT2D eigenvalue weighted by Crippen LogP contribution is 2.34. The standard InChI is InChI=1S/C16H12BrF2NO2/c1-22-10-2-3-13(17)12(8-10)16(21)20-5-4-11-14(19)6-9(18)7-15(11)20/h2-3,6-8H,4-5H2,1H3. The Morgan fingerprint density at radius 2 is 2.05 bits per heavy atom. The molecule has 3 nitrogen and oxygen atoms in total. The molecule has 0 saturated carbocycles. The number of nitrogens with zero attached hydrogens (tertiary/aromatic N) is 1. The first-order chi connectivity index (χ1) is 10.5. The van der Waals surface area contributed by atoms with E-state index in [1.54, 1.807) is 18.2 Å². The Kier molecular flexibility index (Phi) is 3.87. The van der Waals surface area contributed by atoms with Crippen molar-refractivity contribution >= 4 is 27.5 Å². The summed E-state index contributed by atoms with van der Waals surface area (Å²) < 4.78 is 33.0. The molecular formula is C16H12BrF2NO2. The summed E-state index contributed by atoms with van der Waals surface area (Å²) >= 11 is 3.33. The van der Waals surface area contributed by atoms with Crippen LogP contribution >= 0.6 is 15.9 Å². The maximum atomic E-state index is 13.8. The summed E-state index contributed by atoms with van der Waals surface area (Å²) in [6.45, 7) is 0.318. The van der Waals surface area contributed by atoms with Crippen molar-refractivity contribution in [2.75, 3.05) is 18.6 Å². The Hall–Kier alpha value is -1.95. The van der Waals surface area contributed by atoms with Crippen molar-refractivity contribution in [3.63, 3.8) is 0 Å². The van der Waals surface area contributed by atoms with Crippen molar-refractivity contribution in [1.29, 1.82) is 0 Å². The molecule has 0 fully saturated rings. The number of fused-ring (bicyclic) bond motifs is 1. The molecule has 0 unspecified atom stereocenters. The lowest BCUT2D eigenvalue weighted by Crippen LogP contribution is -2.29. The van der Waals surface area contributed by atoms with Crippen molar-refractivity contribution in [2.24, 2.45) is 0 Å². The van der Waals surface area contributed by atoms with E-state index in [-0.39, 0.29) is 11.6 Å². The summed E-state index contributed by atoms with van der Waals surface area (Å²) in [6, 6.07) is 7.05. The lowest BCUT2D eigenvalue weighted by Gasteiger charge is -2.18. The second-order valence-electron chi connectivity index (χ2n) is 4.94. The van der Waals surface area contributed by atoms with E-state index in [2.05, 4.69) is 15.9 Å². The van der Waals surface area contributed by atoms with Gasteiger partial charge in [-0.2, -0.15) is 0 Å². The number of hydrogen-bond donors (Lipinski definition) is 0. The van der Waals surface area contributed by atoms with Gasteiger partial charge in [-0.1, -0.05) is 0 Å². The third-order valence-electron chi connectivity index (χ3n) is 3.66. The largest absolute Gasteiger partial charge is 0.497 e. The third-order valence-corrected chi connectivity index (χ3v) is 4.35. The van der Waals surface area contributed by atoms with Crippen LogP contribution in [0.5, 0.6) is 5.75 Å². The predicted molar refractivity (Wildman–Crippen MR) is 82.4 cm³/mol. The first-order valence-corrected chi connectivity index (χ1v) is 7.44. The quantitative estimate of drug-likeness (QED) is 0.804. The van der Waals surface area contributed by atoms with Gasteiger partial charge in [0.15, 0.2) is 0 Å². The molecular weight excluding hydrogens is 356 g/mol. The molecule has 0 N–H and O–H groups in total. The highest BCUT2D eigenvalue weighted by atomic mass is 79.9. The lowest BCUT2D eigenvalue weighted by atomic mass is 10.1. The van der Waals surface area contributed by atoms with E-state index in [1.165, 1.54) is 18.1 Å². The summed E-state index contributed by atoms with van der Waals surface area (Å²) in [6.07, 6.45) is 0.370. The number of anilines is 1. The van der Waals surface area contributed by atoms with E-state index in [0.717, 1.165) is 6.07 Å². The van der Waals surface area contributed by atoms with Crippen LogP contribution in [0.3, 0.4) is 0 Å². The van der Waals surface area contributed by atoms with Gasteiger partial charge in [0.05, 0.1) is 18.4 Å². The molecule has 0 atom stereocenters. The normalized spacial score (nSPS) is 13.2. The lowest BCUT2D eigenvalue weighted by molar-refractivity contribution is 0.0988. The Labute approximate surface area is 134 Å². The Morgan fingerprint density at radius 1 is 1.27 bits per heavy atom. The van der Waals surface area contributed by atoms with Crippen LogP contribution in [0.2, 0.25) is 0 Å². The van der Waals surface area contributed by atoms with Crippen LogP contribution in [0.1, 0.15) is 15.9 Å².